The minimum Gasteiger partial charge on any atom is -0.460 e. The Balaban J connectivity index is 1.48. The number of nitrogens with one attached hydrogen (secondary N) is 2. The number of benzene rings is 2. The van der Waals surface area contributed by atoms with Gasteiger partial charge < -0.3 is 20.2 Å². The summed E-state index contributed by atoms with van der Waals surface area (Å²) >= 11 is 1.50. The van der Waals surface area contributed by atoms with E-state index in [9.17, 15) is 18.7 Å². The lowest BCUT2D eigenvalue weighted by atomic mass is 10.00. The van der Waals surface area contributed by atoms with E-state index in [4.69, 9.17) is 4.42 Å². The monoisotopic (exact) mass is 524 g/mol. The molecule has 0 spiro atoms. The Kier molecular flexibility index (Phi) is 8.87. The Morgan fingerprint density at radius 2 is 1.78 bits per heavy atom. The molecule has 0 saturated carbocycles. The second-order valence-corrected chi connectivity index (χ2v) is 9.94. The summed E-state index contributed by atoms with van der Waals surface area (Å²) in [5, 5.41) is 19.0. The summed E-state index contributed by atoms with van der Waals surface area (Å²) in [6.07, 6.45) is -0.0479. The maximum Gasteiger partial charge on any atom is 0.255 e. The molecule has 3 N–H and O–H groups in total. The van der Waals surface area contributed by atoms with Crippen molar-refractivity contribution in [3.8, 4) is 10.6 Å². The van der Waals surface area contributed by atoms with Crippen LogP contribution in [0.3, 0.4) is 0 Å². The SMILES string of the molecule is CCc1cccc(CNCC(O)C(Cc2cc(F)cc(F)c2)NC(=O)c2cc(-c3cccs3)oc2C)c1. The van der Waals surface area contributed by atoms with Crippen LogP contribution in [0, 0.1) is 18.6 Å². The van der Waals surface area contributed by atoms with Gasteiger partial charge in [-0.15, -0.1) is 11.3 Å². The number of amides is 1. The summed E-state index contributed by atoms with van der Waals surface area (Å²) in [5.74, 6) is -0.831. The van der Waals surface area contributed by atoms with Gasteiger partial charge in [-0.3, -0.25) is 4.79 Å². The minimum atomic E-state index is -1.02. The fourth-order valence-electron chi connectivity index (χ4n) is 4.23. The third-order valence-corrected chi connectivity index (χ3v) is 7.05. The van der Waals surface area contributed by atoms with E-state index in [0.717, 1.165) is 22.9 Å². The second kappa shape index (κ2) is 12.3. The number of hydrogen-bond acceptors (Lipinski definition) is 5. The molecule has 194 valence electrons. The number of hydrogen-bond donors (Lipinski definition) is 3. The average molecular weight is 525 g/mol. The van der Waals surface area contributed by atoms with Gasteiger partial charge in [0, 0.05) is 19.2 Å². The van der Waals surface area contributed by atoms with Crippen molar-refractivity contribution < 1.29 is 23.1 Å². The summed E-state index contributed by atoms with van der Waals surface area (Å²) in [6.45, 7) is 4.49. The van der Waals surface area contributed by atoms with Gasteiger partial charge in [0.05, 0.1) is 22.6 Å². The van der Waals surface area contributed by atoms with E-state index in [1.165, 1.54) is 29.0 Å². The minimum absolute atomic E-state index is 0.0449. The first-order chi connectivity index (χ1) is 17.8. The fraction of sp³-hybridized carbons (Fsp3) is 0.276. The van der Waals surface area contributed by atoms with Crippen molar-refractivity contribution in [2.45, 2.75) is 45.4 Å². The molecular weight excluding hydrogens is 494 g/mol. The lowest BCUT2D eigenvalue weighted by Crippen LogP contribution is -2.48. The van der Waals surface area contributed by atoms with E-state index in [2.05, 4.69) is 29.7 Å². The molecule has 4 aromatic rings. The van der Waals surface area contributed by atoms with E-state index in [1.54, 1.807) is 13.0 Å². The van der Waals surface area contributed by atoms with Crippen LogP contribution in [0.1, 0.15) is 39.7 Å². The predicted molar refractivity (Wildman–Crippen MR) is 142 cm³/mol. The summed E-state index contributed by atoms with van der Waals surface area (Å²) in [6, 6.07) is 16.0. The molecule has 0 fully saturated rings. The molecule has 0 saturated heterocycles. The summed E-state index contributed by atoms with van der Waals surface area (Å²) in [5.41, 5.74) is 2.97. The molecule has 37 heavy (non-hydrogen) atoms. The van der Waals surface area contributed by atoms with Crippen LogP contribution in [0.2, 0.25) is 0 Å². The molecule has 2 aromatic heterocycles. The Labute approximate surface area is 219 Å². The number of aliphatic hydroxyl groups is 1. The van der Waals surface area contributed by atoms with Crippen LogP contribution >= 0.6 is 11.3 Å². The zero-order valence-corrected chi connectivity index (χ0v) is 21.6. The molecule has 8 heteroatoms. The Hall–Kier alpha value is -3.33. The van der Waals surface area contributed by atoms with Crippen LogP contribution in [0.4, 0.5) is 8.78 Å². The zero-order valence-electron chi connectivity index (χ0n) is 20.8. The van der Waals surface area contributed by atoms with Gasteiger partial charge >= 0.3 is 0 Å². The third-order valence-electron chi connectivity index (χ3n) is 6.17. The first kappa shape index (κ1) is 26.7. The van der Waals surface area contributed by atoms with Gasteiger partial charge in [-0.05, 0) is 66.1 Å². The first-order valence-corrected chi connectivity index (χ1v) is 13.1. The van der Waals surface area contributed by atoms with Crippen molar-refractivity contribution in [1.29, 1.82) is 0 Å². The number of carbonyl (C=O) groups excluding carboxylic acids is 1. The topological polar surface area (TPSA) is 74.5 Å². The van der Waals surface area contributed by atoms with Crippen molar-refractivity contribution in [1.82, 2.24) is 10.6 Å². The maximum atomic E-state index is 13.8. The van der Waals surface area contributed by atoms with Crippen molar-refractivity contribution in [3.05, 3.63) is 106 Å². The van der Waals surface area contributed by atoms with Gasteiger partial charge in [-0.1, -0.05) is 37.3 Å². The normalized spacial score (nSPS) is 12.9. The first-order valence-electron chi connectivity index (χ1n) is 12.2. The molecule has 0 radical (unpaired) electrons. The van der Waals surface area contributed by atoms with E-state index < -0.39 is 29.7 Å². The molecule has 4 rings (SSSR count). The highest BCUT2D eigenvalue weighted by Gasteiger charge is 2.25. The van der Waals surface area contributed by atoms with Crippen molar-refractivity contribution in [2.75, 3.05) is 6.54 Å². The van der Waals surface area contributed by atoms with Crippen LogP contribution in [0.25, 0.3) is 10.6 Å². The zero-order chi connectivity index (χ0) is 26.4. The number of thiophene rings is 1. The molecule has 1 amide bonds. The predicted octanol–water partition coefficient (Wildman–Crippen LogP) is 5.65. The Morgan fingerprint density at radius 1 is 1.03 bits per heavy atom. The van der Waals surface area contributed by atoms with Gasteiger partial charge in [-0.25, -0.2) is 8.78 Å². The molecule has 5 nitrogen and oxygen atoms in total. The number of aryl methyl sites for hydroxylation is 2. The fourth-order valence-corrected chi connectivity index (χ4v) is 4.90. The summed E-state index contributed by atoms with van der Waals surface area (Å²) < 4.78 is 33.5. The highest BCUT2D eigenvalue weighted by Crippen LogP contribution is 2.29. The van der Waals surface area contributed by atoms with Gasteiger partial charge in [0.25, 0.3) is 5.91 Å². The highest BCUT2D eigenvalue weighted by atomic mass is 32.1. The van der Waals surface area contributed by atoms with Crippen LogP contribution < -0.4 is 10.6 Å². The number of aliphatic hydroxyl groups excluding tert-OH is 1. The van der Waals surface area contributed by atoms with Gasteiger partial charge in [-0.2, -0.15) is 0 Å². The molecule has 2 atom stereocenters. The third kappa shape index (κ3) is 7.13. The van der Waals surface area contributed by atoms with Crippen LogP contribution in [0.5, 0.6) is 0 Å². The van der Waals surface area contributed by atoms with E-state index in [-0.39, 0.29) is 13.0 Å². The molecule has 2 unspecified atom stereocenters. The van der Waals surface area contributed by atoms with Crippen LogP contribution in [0.15, 0.2) is 70.5 Å². The Morgan fingerprint density at radius 3 is 2.49 bits per heavy atom. The molecular formula is C29H30F2N2O3S. The van der Waals surface area contributed by atoms with E-state index in [0.29, 0.717) is 29.2 Å². The van der Waals surface area contributed by atoms with E-state index >= 15 is 0 Å². The number of rotatable bonds is 11. The summed E-state index contributed by atoms with van der Waals surface area (Å²) in [7, 11) is 0. The van der Waals surface area contributed by atoms with Crippen molar-refractivity contribution in [3.63, 3.8) is 0 Å². The molecule has 0 aliphatic heterocycles. The number of furan rings is 1. The number of halogens is 2. The van der Waals surface area contributed by atoms with Crippen LogP contribution in [-0.2, 0) is 19.4 Å². The quantitative estimate of drug-likeness (QED) is 0.237. The van der Waals surface area contributed by atoms with Crippen molar-refractivity contribution >= 4 is 17.2 Å². The van der Waals surface area contributed by atoms with Crippen molar-refractivity contribution in [2.24, 2.45) is 0 Å². The molecule has 0 aliphatic rings. The number of carbonyl (C=O) groups is 1. The average Bonchev–Trinajstić information content (AvgIpc) is 3.53. The highest BCUT2D eigenvalue weighted by molar-refractivity contribution is 7.13. The molecule has 0 bridgehead atoms. The van der Waals surface area contributed by atoms with Gasteiger partial charge in [0.1, 0.15) is 23.2 Å². The van der Waals surface area contributed by atoms with Crippen LogP contribution in [-0.4, -0.2) is 29.7 Å². The standard InChI is InChI=1S/C29H30F2N2O3S/c1-3-19-6-4-7-20(10-19)16-32-17-26(34)25(13-21-11-22(30)14-23(31)12-21)33-29(35)24-15-27(36-18(24)2)28-8-5-9-37-28/h4-12,14-15,25-26,32,34H,3,13,16-17H2,1-2H3,(H,33,35). The molecule has 2 heterocycles. The smallest absolute Gasteiger partial charge is 0.255 e. The lowest BCUT2D eigenvalue weighted by molar-refractivity contribution is 0.0828. The van der Waals surface area contributed by atoms with Gasteiger partial charge in [0.15, 0.2) is 0 Å². The molecule has 0 aliphatic carbocycles. The lowest BCUT2D eigenvalue weighted by Gasteiger charge is -2.25. The van der Waals surface area contributed by atoms with Gasteiger partial charge in [0.2, 0.25) is 0 Å². The summed E-state index contributed by atoms with van der Waals surface area (Å²) in [4.78, 5) is 14.1. The maximum absolute atomic E-state index is 13.8. The Bertz CT molecular complexity index is 1320. The second-order valence-electron chi connectivity index (χ2n) is 8.99. The van der Waals surface area contributed by atoms with E-state index in [1.807, 2.05) is 29.6 Å². The largest absolute Gasteiger partial charge is 0.460 e. The molecule has 2 aromatic carbocycles.